The van der Waals surface area contributed by atoms with E-state index in [1.165, 1.54) is 12.1 Å². The normalized spacial score (nSPS) is 22.9. The monoisotopic (exact) mass is 444 g/mol. The van der Waals surface area contributed by atoms with Gasteiger partial charge in [0.1, 0.15) is 23.5 Å². The lowest BCUT2D eigenvalue weighted by Gasteiger charge is -2.40. The first-order valence-electron chi connectivity index (χ1n) is 10.6. The molecule has 0 spiro atoms. The minimum absolute atomic E-state index is 0.0185. The number of nitrogens with one attached hydrogen (secondary N) is 1. The molecule has 3 aliphatic heterocycles. The highest BCUT2D eigenvalue weighted by Crippen LogP contribution is 2.35. The first kappa shape index (κ1) is 20.2. The predicted molar refractivity (Wildman–Crippen MR) is 117 cm³/mol. The summed E-state index contributed by atoms with van der Waals surface area (Å²) in [5, 5.41) is 3.54. The van der Waals surface area contributed by atoms with Crippen LogP contribution in [0.2, 0.25) is 0 Å². The van der Waals surface area contributed by atoms with Crippen molar-refractivity contribution in [1.29, 1.82) is 0 Å². The second kappa shape index (κ2) is 8.11. The lowest BCUT2D eigenvalue weighted by Crippen LogP contribution is -2.54. The summed E-state index contributed by atoms with van der Waals surface area (Å²) in [6.07, 6.45) is 1.60. The Bertz CT molecular complexity index is 1030. The third kappa shape index (κ3) is 4.11. The summed E-state index contributed by atoms with van der Waals surface area (Å²) in [6.45, 7) is 4.37. The number of likely N-dealkylation sites (tertiary alicyclic amines) is 1. The fourth-order valence-electron chi connectivity index (χ4n) is 4.34. The zero-order chi connectivity index (χ0) is 21.5. The van der Waals surface area contributed by atoms with Gasteiger partial charge in [-0.25, -0.2) is 9.37 Å². The molecular weight excluding hydrogens is 419 g/mol. The van der Waals surface area contributed by atoms with Gasteiger partial charge in [0.15, 0.2) is 0 Å². The molecule has 31 heavy (non-hydrogen) atoms. The first-order valence-corrected chi connectivity index (χ1v) is 11.9. The van der Waals surface area contributed by atoms with E-state index >= 15 is 0 Å². The Morgan fingerprint density at radius 1 is 1.26 bits per heavy atom. The fourth-order valence-corrected chi connectivity index (χ4v) is 5.70. The number of carbonyl (C=O) groups excluding carboxylic acids is 1. The molecule has 1 unspecified atom stereocenters. The molecule has 2 aromatic rings. The first-order chi connectivity index (χ1) is 15.0. The Morgan fingerprint density at radius 2 is 2.03 bits per heavy atom. The van der Waals surface area contributed by atoms with E-state index < -0.39 is 10.8 Å². The minimum atomic E-state index is -1.05. The minimum Gasteiger partial charge on any atom is -0.487 e. The van der Waals surface area contributed by atoms with Crippen molar-refractivity contribution in [2.75, 3.05) is 42.1 Å². The highest BCUT2D eigenvalue weighted by Gasteiger charge is 2.33. The highest BCUT2D eigenvalue weighted by atomic mass is 32.2. The van der Waals surface area contributed by atoms with Crippen molar-refractivity contribution in [3.8, 4) is 5.75 Å². The molecule has 0 bridgehead atoms. The number of aromatic nitrogens is 1. The fraction of sp³-hybridized carbons (Fsp3) is 0.455. The van der Waals surface area contributed by atoms with Crippen LogP contribution in [0.5, 0.6) is 5.75 Å². The second-order valence-corrected chi connectivity index (χ2v) is 9.80. The van der Waals surface area contributed by atoms with E-state index in [-0.39, 0.29) is 23.9 Å². The molecule has 5 rings (SSSR count). The van der Waals surface area contributed by atoms with Crippen molar-refractivity contribution in [2.45, 2.75) is 36.8 Å². The van der Waals surface area contributed by atoms with Crippen LogP contribution < -0.4 is 15.0 Å². The molecule has 4 heterocycles. The van der Waals surface area contributed by atoms with Gasteiger partial charge in [0.05, 0.1) is 40.2 Å². The van der Waals surface area contributed by atoms with E-state index in [0.29, 0.717) is 37.6 Å². The van der Waals surface area contributed by atoms with Crippen LogP contribution >= 0.6 is 0 Å². The molecular formula is C22H25FN4O3S. The van der Waals surface area contributed by atoms with Crippen LogP contribution in [0.3, 0.4) is 0 Å². The van der Waals surface area contributed by atoms with Crippen LogP contribution in [0, 0.1) is 5.82 Å². The van der Waals surface area contributed by atoms with E-state index in [2.05, 4.69) is 10.2 Å². The number of benzene rings is 1. The predicted octanol–water partition coefficient (Wildman–Crippen LogP) is 2.18. The zero-order valence-electron chi connectivity index (χ0n) is 17.3. The van der Waals surface area contributed by atoms with Gasteiger partial charge >= 0.3 is 0 Å². The van der Waals surface area contributed by atoms with E-state index in [1.807, 2.05) is 11.0 Å². The SMILES string of the molecule is CC(=O)N1CC[C@H](Nc2cc(N3CC(Oc4ccc(F)cc4)C3)nc3c2S(=O)CC3)C1. The van der Waals surface area contributed by atoms with Crippen LogP contribution in [-0.4, -0.2) is 64.1 Å². The van der Waals surface area contributed by atoms with Crippen LogP contribution in [0.4, 0.5) is 15.9 Å². The summed E-state index contributed by atoms with van der Waals surface area (Å²) < 4.78 is 31.5. The quantitative estimate of drug-likeness (QED) is 0.762. The van der Waals surface area contributed by atoms with Crippen molar-refractivity contribution >= 4 is 28.2 Å². The molecule has 2 atom stereocenters. The molecule has 0 radical (unpaired) electrons. The summed E-state index contributed by atoms with van der Waals surface area (Å²) in [5.41, 5.74) is 1.76. The van der Waals surface area contributed by atoms with Gasteiger partial charge in [0.2, 0.25) is 5.91 Å². The van der Waals surface area contributed by atoms with Gasteiger partial charge in [-0.2, -0.15) is 0 Å². The standard InChI is InChI=1S/C22H25FN4O3S/c1-14(28)26-8-6-16(11-26)24-20-10-21(25-19-7-9-31(29)22(19)20)27-12-18(13-27)30-17-4-2-15(23)3-5-17/h2-5,10,16,18H,6-9,11-13H2,1H3,(H,24,25)/t16-,31?/m0/s1. The van der Waals surface area contributed by atoms with Crippen molar-refractivity contribution in [2.24, 2.45) is 0 Å². The van der Waals surface area contributed by atoms with Crippen LogP contribution in [0.1, 0.15) is 19.0 Å². The lowest BCUT2D eigenvalue weighted by atomic mass is 10.1. The van der Waals surface area contributed by atoms with Crippen molar-refractivity contribution in [3.63, 3.8) is 0 Å². The molecule has 3 aliphatic rings. The number of hydrogen-bond donors (Lipinski definition) is 1. The van der Waals surface area contributed by atoms with Crippen molar-refractivity contribution in [3.05, 3.63) is 41.8 Å². The molecule has 0 saturated carbocycles. The molecule has 0 aliphatic carbocycles. The second-order valence-electron chi connectivity index (χ2n) is 8.30. The molecule has 1 aromatic carbocycles. The van der Waals surface area contributed by atoms with Gasteiger partial charge in [-0.1, -0.05) is 0 Å². The maximum Gasteiger partial charge on any atom is 0.219 e. The average molecular weight is 445 g/mol. The number of carbonyl (C=O) groups is 1. The number of rotatable bonds is 5. The summed E-state index contributed by atoms with van der Waals surface area (Å²) in [6, 6.07) is 8.17. The number of fused-ring (bicyclic) bond motifs is 1. The summed E-state index contributed by atoms with van der Waals surface area (Å²) >= 11 is 0. The van der Waals surface area contributed by atoms with E-state index in [0.717, 1.165) is 35.1 Å². The summed E-state index contributed by atoms with van der Waals surface area (Å²) in [4.78, 5) is 21.2. The van der Waals surface area contributed by atoms with Crippen LogP contribution in [0.25, 0.3) is 0 Å². The highest BCUT2D eigenvalue weighted by molar-refractivity contribution is 7.85. The van der Waals surface area contributed by atoms with Crippen molar-refractivity contribution in [1.82, 2.24) is 9.88 Å². The van der Waals surface area contributed by atoms with Gasteiger partial charge in [0, 0.05) is 44.3 Å². The van der Waals surface area contributed by atoms with Crippen LogP contribution in [-0.2, 0) is 22.0 Å². The molecule has 2 fully saturated rings. The van der Waals surface area contributed by atoms with Gasteiger partial charge in [0.25, 0.3) is 0 Å². The van der Waals surface area contributed by atoms with Crippen LogP contribution in [0.15, 0.2) is 35.2 Å². The molecule has 9 heteroatoms. The van der Waals surface area contributed by atoms with Gasteiger partial charge in [-0.05, 0) is 30.7 Å². The summed E-state index contributed by atoms with van der Waals surface area (Å²) in [5.74, 6) is 1.90. The topological polar surface area (TPSA) is 74.8 Å². The molecule has 2 saturated heterocycles. The van der Waals surface area contributed by atoms with Gasteiger partial charge in [-0.15, -0.1) is 0 Å². The Morgan fingerprint density at radius 3 is 2.74 bits per heavy atom. The number of ether oxygens (including phenoxy) is 1. The number of anilines is 2. The maximum absolute atomic E-state index is 13.1. The number of halogens is 1. The molecule has 164 valence electrons. The molecule has 7 nitrogen and oxygen atoms in total. The zero-order valence-corrected chi connectivity index (χ0v) is 18.2. The van der Waals surface area contributed by atoms with E-state index in [4.69, 9.17) is 9.72 Å². The average Bonchev–Trinajstić information content (AvgIpc) is 3.33. The Balaban J connectivity index is 1.29. The number of amides is 1. The van der Waals surface area contributed by atoms with E-state index in [9.17, 15) is 13.4 Å². The number of hydrogen-bond acceptors (Lipinski definition) is 6. The molecule has 1 N–H and O–H groups in total. The number of aryl methyl sites for hydroxylation is 1. The number of nitrogens with zero attached hydrogens (tertiary/aromatic N) is 3. The Kier molecular flexibility index (Phi) is 5.29. The molecule has 1 aromatic heterocycles. The Labute approximate surface area is 183 Å². The third-order valence-electron chi connectivity index (χ3n) is 6.06. The summed E-state index contributed by atoms with van der Waals surface area (Å²) in [7, 11) is -1.05. The van der Waals surface area contributed by atoms with Gasteiger partial charge in [-0.3, -0.25) is 9.00 Å². The largest absolute Gasteiger partial charge is 0.487 e. The van der Waals surface area contributed by atoms with Gasteiger partial charge < -0.3 is 19.9 Å². The smallest absolute Gasteiger partial charge is 0.219 e. The third-order valence-corrected chi connectivity index (χ3v) is 7.55. The van der Waals surface area contributed by atoms with E-state index in [1.54, 1.807) is 19.1 Å². The Hall–Kier alpha value is -2.68. The lowest BCUT2D eigenvalue weighted by molar-refractivity contribution is -0.127. The van der Waals surface area contributed by atoms with Crippen molar-refractivity contribution < 1.29 is 18.1 Å². The maximum atomic E-state index is 13.1. The molecule has 1 amide bonds. The number of pyridine rings is 1.